The van der Waals surface area contributed by atoms with Crippen molar-refractivity contribution in [2.45, 2.75) is 18.4 Å². The van der Waals surface area contributed by atoms with Crippen LogP contribution < -0.4 is 4.74 Å². The number of carbonyl (C=O) groups is 3. The van der Waals surface area contributed by atoms with Crippen LogP contribution in [0.3, 0.4) is 0 Å². The molecule has 1 atom stereocenters. The average molecular weight is 270 g/mol. The lowest BCUT2D eigenvalue weighted by Gasteiger charge is -2.19. The van der Waals surface area contributed by atoms with Gasteiger partial charge in [-0.05, 0) is 0 Å². The maximum absolute atomic E-state index is 11.4. The Balaban J connectivity index is 2.72. The van der Waals surface area contributed by atoms with Crippen molar-refractivity contribution in [2.75, 3.05) is 0 Å². The molecule has 9 heteroatoms. The number of hydrogen-bond acceptors (Lipinski definition) is 7. The van der Waals surface area contributed by atoms with Gasteiger partial charge in [0.1, 0.15) is 0 Å². The minimum atomic E-state index is -2.73. The topological polar surface area (TPSA) is 147 Å². The van der Waals surface area contributed by atoms with E-state index in [0.717, 1.165) is 6.20 Å². The summed E-state index contributed by atoms with van der Waals surface area (Å²) in [6, 6.07) is 0. The van der Waals surface area contributed by atoms with Gasteiger partial charge < -0.3 is 20.1 Å². The quantitative estimate of drug-likeness (QED) is 0.557. The van der Waals surface area contributed by atoms with Gasteiger partial charge in [0.2, 0.25) is 5.88 Å². The fourth-order valence-corrected chi connectivity index (χ4v) is 1.19. The molecule has 1 rings (SSSR count). The minimum Gasteiger partial charge on any atom is -0.481 e. The monoisotopic (exact) mass is 270 g/mol. The zero-order chi connectivity index (χ0) is 14.5. The lowest BCUT2D eigenvalue weighted by atomic mass is 9.96. The predicted octanol–water partition coefficient (Wildman–Crippen LogP) is -0.938. The number of carbonyl (C=O) groups excluding carboxylic acids is 1. The number of rotatable bonds is 6. The van der Waals surface area contributed by atoms with Crippen LogP contribution in [0, 0.1) is 0 Å². The normalized spacial score (nSPS) is 13.3. The predicted molar refractivity (Wildman–Crippen MR) is 57.1 cm³/mol. The van der Waals surface area contributed by atoms with Crippen molar-refractivity contribution < 1.29 is 34.4 Å². The zero-order valence-corrected chi connectivity index (χ0v) is 9.52. The molecule has 0 fully saturated rings. The number of nitrogens with zero attached hydrogens (tertiary/aromatic N) is 2. The molecular weight excluding hydrogens is 260 g/mol. The minimum absolute atomic E-state index is 0.185. The Morgan fingerprint density at radius 3 is 2.37 bits per heavy atom. The highest BCUT2D eigenvalue weighted by molar-refractivity contribution is 5.88. The van der Waals surface area contributed by atoms with Gasteiger partial charge in [-0.15, -0.1) is 0 Å². The first-order chi connectivity index (χ1) is 8.83. The van der Waals surface area contributed by atoms with E-state index in [0.29, 0.717) is 0 Å². The number of carboxylic acids is 2. The van der Waals surface area contributed by atoms with E-state index in [1.54, 1.807) is 0 Å². The molecule has 0 bridgehead atoms. The van der Waals surface area contributed by atoms with Gasteiger partial charge in [-0.1, -0.05) is 0 Å². The highest BCUT2D eigenvalue weighted by Gasteiger charge is 2.41. The lowest BCUT2D eigenvalue weighted by Crippen LogP contribution is -2.43. The lowest BCUT2D eigenvalue weighted by molar-refractivity contribution is -0.169. The summed E-state index contributed by atoms with van der Waals surface area (Å²) in [5.74, 6) is -4.70. The summed E-state index contributed by atoms with van der Waals surface area (Å²) in [5.41, 5.74) is -2.73. The van der Waals surface area contributed by atoms with Crippen LogP contribution in [0.2, 0.25) is 0 Å². The number of ether oxygens (including phenoxy) is 1. The molecule has 0 saturated heterocycles. The molecule has 0 aromatic carbocycles. The van der Waals surface area contributed by atoms with Crippen LogP contribution in [0.15, 0.2) is 18.6 Å². The molecule has 0 radical (unpaired) electrons. The van der Waals surface area contributed by atoms with E-state index in [4.69, 9.17) is 10.2 Å². The van der Waals surface area contributed by atoms with Crippen molar-refractivity contribution >= 4 is 17.9 Å². The van der Waals surface area contributed by atoms with Gasteiger partial charge in [-0.25, -0.2) is 9.78 Å². The number of aliphatic hydroxyl groups is 1. The van der Waals surface area contributed by atoms with Crippen molar-refractivity contribution in [3.63, 3.8) is 0 Å². The largest absolute Gasteiger partial charge is 0.481 e. The number of hydrogen-bond donors (Lipinski definition) is 3. The van der Waals surface area contributed by atoms with Crippen LogP contribution in [0.1, 0.15) is 12.8 Å². The van der Waals surface area contributed by atoms with Gasteiger partial charge in [0, 0.05) is 12.4 Å². The van der Waals surface area contributed by atoms with Crippen molar-refractivity contribution in [1.82, 2.24) is 9.97 Å². The summed E-state index contributed by atoms with van der Waals surface area (Å²) in [7, 11) is 0. The summed E-state index contributed by atoms with van der Waals surface area (Å²) in [4.78, 5) is 39.9. The molecule has 9 nitrogen and oxygen atoms in total. The van der Waals surface area contributed by atoms with Gasteiger partial charge in [0.25, 0.3) is 0 Å². The smallest absolute Gasteiger partial charge is 0.336 e. The third-order valence-corrected chi connectivity index (χ3v) is 2.04. The van der Waals surface area contributed by atoms with E-state index in [-0.39, 0.29) is 5.88 Å². The van der Waals surface area contributed by atoms with E-state index < -0.39 is 36.4 Å². The number of esters is 1. The Kier molecular flexibility index (Phi) is 4.48. The molecule has 1 unspecified atom stereocenters. The second kappa shape index (κ2) is 5.87. The molecule has 0 spiro atoms. The highest BCUT2D eigenvalue weighted by Crippen LogP contribution is 2.17. The standard InChI is InChI=1S/C10H10N2O7/c13-7(14)3-10(18,9(16)17)4-8(15)19-6-5-11-1-2-12-6/h1-2,5,18H,3-4H2,(H,13,14)(H,16,17). The van der Waals surface area contributed by atoms with Crippen LogP contribution >= 0.6 is 0 Å². The Morgan fingerprint density at radius 2 is 1.89 bits per heavy atom. The van der Waals surface area contributed by atoms with E-state index in [9.17, 15) is 19.5 Å². The zero-order valence-electron chi connectivity index (χ0n) is 9.52. The van der Waals surface area contributed by atoms with Crippen molar-refractivity contribution in [3.05, 3.63) is 18.6 Å². The molecule has 0 amide bonds. The van der Waals surface area contributed by atoms with Crippen LogP contribution in [0.5, 0.6) is 5.88 Å². The molecule has 3 N–H and O–H groups in total. The Bertz CT molecular complexity index is 490. The van der Waals surface area contributed by atoms with Crippen LogP contribution in [-0.4, -0.2) is 48.8 Å². The summed E-state index contributed by atoms with van der Waals surface area (Å²) in [6.07, 6.45) is 1.52. The Morgan fingerprint density at radius 1 is 1.21 bits per heavy atom. The summed E-state index contributed by atoms with van der Waals surface area (Å²) in [5, 5.41) is 26.8. The molecule has 0 aliphatic rings. The molecule has 1 aromatic rings. The Hall–Kier alpha value is -2.55. The average Bonchev–Trinajstić information content (AvgIpc) is 2.28. The first-order valence-corrected chi connectivity index (χ1v) is 4.98. The van der Waals surface area contributed by atoms with Gasteiger partial charge in [-0.3, -0.25) is 14.6 Å². The third-order valence-electron chi connectivity index (χ3n) is 2.04. The number of carboxylic acid groups (broad SMARTS) is 2. The second-order valence-corrected chi connectivity index (χ2v) is 3.60. The molecule has 0 aliphatic carbocycles. The summed E-state index contributed by atoms with van der Waals surface area (Å²) in [6.45, 7) is 0. The van der Waals surface area contributed by atoms with Gasteiger partial charge in [0.15, 0.2) is 5.60 Å². The fraction of sp³-hybridized carbons (Fsp3) is 0.300. The second-order valence-electron chi connectivity index (χ2n) is 3.60. The van der Waals surface area contributed by atoms with Crippen LogP contribution in [0.25, 0.3) is 0 Å². The fourth-order valence-electron chi connectivity index (χ4n) is 1.19. The SMILES string of the molecule is O=C(O)CC(O)(CC(=O)Oc1cnccn1)C(=O)O. The molecule has 102 valence electrons. The van der Waals surface area contributed by atoms with Crippen molar-refractivity contribution in [1.29, 1.82) is 0 Å². The van der Waals surface area contributed by atoms with E-state index in [2.05, 4.69) is 14.7 Å². The first-order valence-electron chi connectivity index (χ1n) is 4.98. The van der Waals surface area contributed by atoms with Crippen molar-refractivity contribution in [2.24, 2.45) is 0 Å². The summed E-state index contributed by atoms with van der Waals surface area (Å²) < 4.78 is 4.61. The maximum atomic E-state index is 11.4. The van der Waals surface area contributed by atoms with Crippen LogP contribution in [-0.2, 0) is 14.4 Å². The highest BCUT2D eigenvalue weighted by atomic mass is 16.5. The molecular formula is C10H10N2O7. The van der Waals surface area contributed by atoms with E-state index in [1.165, 1.54) is 12.4 Å². The van der Waals surface area contributed by atoms with Gasteiger partial charge in [0.05, 0.1) is 19.0 Å². The first kappa shape index (κ1) is 14.5. The number of aromatic nitrogens is 2. The van der Waals surface area contributed by atoms with E-state index in [1.807, 2.05) is 0 Å². The van der Waals surface area contributed by atoms with Crippen LogP contribution in [0.4, 0.5) is 0 Å². The number of aliphatic carboxylic acids is 2. The van der Waals surface area contributed by atoms with Gasteiger partial charge >= 0.3 is 17.9 Å². The maximum Gasteiger partial charge on any atom is 0.336 e. The molecule has 0 saturated carbocycles. The third kappa shape index (κ3) is 4.32. The summed E-state index contributed by atoms with van der Waals surface area (Å²) >= 11 is 0. The molecule has 1 aromatic heterocycles. The molecule has 0 aliphatic heterocycles. The van der Waals surface area contributed by atoms with E-state index >= 15 is 0 Å². The molecule has 1 heterocycles. The molecule has 19 heavy (non-hydrogen) atoms. The Labute approximate surface area is 106 Å². The van der Waals surface area contributed by atoms with Crippen molar-refractivity contribution in [3.8, 4) is 5.88 Å². The van der Waals surface area contributed by atoms with Gasteiger partial charge in [-0.2, -0.15) is 0 Å².